The van der Waals surface area contributed by atoms with Crippen LogP contribution in [0, 0.1) is 6.92 Å². The Hall–Kier alpha value is -1.02. The Kier molecular flexibility index (Phi) is 4.63. The summed E-state index contributed by atoms with van der Waals surface area (Å²) in [5.74, 6) is -0.0576. The Morgan fingerprint density at radius 1 is 1.53 bits per heavy atom. The Morgan fingerprint density at radius 3 is 2.87 bits per heavy atom. The van der Waals surface area contributed by atoms with Crippen molar-refractivity contribution in [2.75, 3.05) is 6.54 Å². The average Bonchev–Trinajstić information content (AvgIpc) is 2.25. The molecule has 82 valence electrons. The largest absolute Gasteiger partial charge is 0.351 e. The van der Waals surface area contributed by atoms with Gasteiger partial charge in [-0.25, -0.2) is 0 Å². The highest BCUT2D eigenvalue weighted by molar-refractivity contribution is 6.20. The summed E-state index contributed by atoms with van der Waals surface area (Å²) in [7, 11) is 0. The minimum absolute atomic E-state index is 0.0127. The summed E-state index contributed by atoms with van der Waals surface area (Å²) in [6.45, 7) is 4.48. The van der Waals surface area contributed by atoms with Crippen LogP contribution in [0.4, 0.5) is 0 Å². The number of halogens is 1. The topological polar surface area (TPSA) is 29.1 Å². The molecule has 3 heteroatoms. The standard InChI is InChI=1S/C12H16ClNO/c1-3-11(13)8-14-12(15)10-6-4-5-9(2)7-10/h4-7,11H,3,8H2,1-2H3,(H,14,15). The predicted molar refractivity (Wildman–Crippen MR) is 63.4 cm³/mol. The normalized spacial score (nSPS) is 12.2. The van der Waals surface area contributed by atoms with Crippen LogP contribution in [0.25, 0.3) is 0 Å². The van der Waals surface area contributed by atoms with Crippen LogP contribution in [0.5, 0.6) is 0 Å². The molecule has 1 amide bonds. The van der Waals surface area contributed by atoms with E-state index in [1.807, 2.05) is 32.0 Å². The lowest BCUT2D eigenvalue weighted by atomic mass is 10.1. The van der Waals surface area contributed by atoms with Crippen LogP contribution >= 0.6 is 11.6 Å². The molecule has 0 heterocycles. The number of carbonyl (C=O) groups is 1. The van der Waals surface area contributed by atoms with Gasteiger partial charge >= 0.3 is 0 Å². The summed E-state index contributed by atoms with van der Waals surface area (Å²) in [5.41, 5.74) is 1.77. The van der Waals surface area contributed by atoms with E-state index < -0.39 is 0 Å². The molecule has 2 nitrogen and oxygen atoms in total. The smallest absolute Gasteiger partial charge is 0.251 e. The number of amides is 1. The summed E-state index contributed by atoms with van der Waals surface area (Å²) in [4.78, 5) is 11.6. The van der Waals surface area contributed by atoms with E-state index in [2.05, 4.69) is 5.32 Å². The number of benzene rings is 1. The van der Waals surface area contributed by atoms with E-state index in [0.29, 0.717) is 12.1 Å². The summed E-state index contributed by atoms with van der Waals surface area (Å²) < 4.78 is 0. The number of alkyl halides is 1. The second-order valence-electron chi connectivity index (χ2n) is 3.59. The van der Waals surface area contributed by atoms with Gasteiger partial charge in [0.05, 0.1) is 5.38 Å². The van der Waals surface area contributed by atoms with E-state index in [0.717, 1.165) is 12.0 Å². The zero-order valence-electron chi connectivity index (χ0n) is 9.09. The summed E-state index contributed by atoms with van der Waals surface area (Å²) in [6.07, 6.45) is 0.857. The maximum Gasteiger partial charge on any atom is 0.251 e. The molecule has 0 saturated carbocycles. The number of rotatable bonds is 4. The van der Waals surface area contributed by atoms with Crippen LogP contribution < -0.4 is 5.32 Å². The van der Waals surface area contributed by atoms with E-state index in [1.54, 1.807) is 6.07 Å². The van der Waals surface area contributed by atoms with Gasteiger partial charge in [0.25, 0.3) is 5.91 Å². The van der Waals surface area contributed by atoms with Crippen LogP contribution in [-0.2, 0) is 0 Å². The van der Waals surface area contributed by atoms with Gasteiger partial charge in [0, 0.05) is 12.1 Å². The fourth-order valence-corrected chi connectivity index (χ4v) is 1.31. The Balaban J connectivity index is 2.54. The predicted octanol–water partition coefficient (Wildman–Crippen LogP) is 2.74. The van der Waals surface area contributed by atoms with Gasteiger partial charge in [0.1, 0.15) is 0 Å². The van der Waals surface area contributed by atoms with Gasteiger partial charge < -0.3 is 5.32 Å². The first kappa shape index (κ1) is 12.1. The van der Waals surface area contributed by atoms with Crippen molar-refractivity contribution in [3.05, 3.63) is 35.4 Å². The quantitative estimate of drug-likeness (QED) is 0.785. The van der Waals surface area contributed by atoms with Crippen molar-refractivity contribution in [1.29, 1.82) is 0 Å². The first-order valence-corrected chi connectivity index (χ1v) is 5.56. The van der Waals surface area contributed by atoms with Gasteiger partial charge in [0.15, 0.2) is 0 Å². The van der Waals surface area contributed by atoms with Crippen molar-refractivity contribution < 1.29 is 4.79 Å². The molecule has 0 aliphatic rings. The van der Waals surface area contributed by atoms with E-state index in [4.69, 9.17) is 11.6 Å². The molecule has 0 aromatic heterocycles. The van der Waals surface area contributed by atoms with Gasteiger partial charge in [-0.15, -0.1) is 11.6 Å². The molecule has 1 rings (SSSR count). The SMILES string of the molecule is CCC(Cl)CNC(=O)c1cccc(C)c1. The molecule has 0 aliphatic carbocycles. The van der Waals surface area contributed by atoms with Crippen molar-refractivity contribution in [2.45, 2.75) is 25.6 Å². The minimum Gasteiger partial charge on any atom is -0.351 e. The van der Waals surface area contributed by atoms with E-state index >= 15 is 0 Å². The molecule has 0 aliphatic heterocycles. The third-order valence-corrected chi connectivity index (χ3v) is 2.67. The van der Waals surface area contributed by atoms with Gasteiger partial charge in [-0.1, -0.05) is 24.6 Å². The molecule has 0 spiro atoms. The molecular weight excluding hydrogens is 210 g/mol. The lowest BCUT2D eigenvalue weighted by Crippen LogP contribution is -2.29. The van der Waals surface area contributed by atoms with Gasteiger partial charge in [-0.3, -0.25) is 4.79 Å². The van der Waals surface area contributed by atoms with Gasteiger partial charge in [0.2, 0.25) is 0 Å². The first-order chi connectivity index (χ1) is 7.13. The molecule has 1 unspecified atom stereocenters. The van der Waals surface area contributed by atoms with Crippen molar-refractivity contribution in [3.63, 3.8) is 0 Å². The minimum atomic E-state index is -0.0576. The number of aryl methyl sites for hydroxylation is 1. The van der Waals surface area contributed by atoms with Crippen molar-refractivity contribution in [3.8, 4) is 0 Å². The first-order valence-electron chi connectivity index (χ1n) is 5.12. The summed E-state index contributed by atoms with van der Waals surface area (Å²) in [5, 5.41) is 2.82. The molecule has 0 fully saturated rings. The van der Waals surface area contributed by atoms with Crippen LogP contribution in [0.2, 0.25) is 0 Å². The maximum atomic E-state index is 11.6. The van der Waals surface area contributed by atoms with Crippen LogP contribution in [0.1, 0.15) is 29.3 Å². The number of carbonyl (C=O) groups excluding carboxylic acids is 1. The van der Waals surface area contributed by atoms with Crippen molar-refractivity contribution in [1.82, 2.24) is 5.32 Å². The third-order valence-electron chi connectivity index (χ3n) is 2.21. The molecule has 1 aromatic rings. The third kappa shape index (κ3) is 3.92. The van der Waals surface area contributed by atoms with E-state index in [9.17, 15) is 4.79 Å². The molecule has 0 saturated heterocycles. The highest BCUT2D eigenvalue weighted by Crippen LogP contribution is 2.04. The fourth-order valence-electron chi connectivity index (χ4n) is 1.24. The Morgan fingerprint density at radius 2 is 2.27 bits per heavy atom. The Labute approximate surface area is 95.6 Å². The Bertz CT molecular complexity index is 338. The molecule has 1 atom stereocenters. The highest BCUT2D eigenvalue weighted by atomic mass is 35.5. The van der Waals surface area contributed by atoms with Crippen LogP contribution in [-0.4, -0.2) is 17.8 Å². The highest BCUT2D eigenvalue weighted by Gasteiger charge is 2.07. The molecule has 0 bridgehead atoms. The number of hydrogen-bond acceptors (Lipinski definition) is 1. The van der Waals surface area contributed by atoms with E-state index in [1.165, 1.54) is 0 Å². The summed E-state index contributed by atoms with van der Waals surface area (Å²) in [6, 6.07) is 7.51. The summed E-state index contributed by atoms with van der Waals surface area (Å²) >= 11 is 5.91. The van der Waals surface area contributed by atoms with Gasteiger partial charge in [-0.05, 0) is 25.5 Å². The molecule has 1 aromatic carbocycles. The zero-order valence-corrected chi connectivity index (χ0v) is 9.84. The fraction of sp³-hybridized carbons (Fsp3) is 0.417. The number of hydrogen-bond donors (Lipinski definition) is 1. The van der Waals surface area contributed by atoms with Crippen LogP contribution in [0.3, 0.4) is 0 Å². The molecule has 0 radical (unpaired) electrons. The van der Waals surface area contributed by atoms with Crippen molar-refractivity contribution >= 4 is 17.5 Å². The second-order valence-corrected chi connectivity index (χ2v) is 4.20. The van der Waals surface area contributed by atoms with Gasteiger partial charge in [-0.2, -0.15) is 0 Å². The monoisotopic (exact) mass is 225 g/mol. The molecular formula is C12H16ClNO. The maximum absolute atomic E-state index is 11.6. The van der Waals surface area contributed by atoms with E-state index in [-0.39, 0.29) is 11.3 Å². The van der Waals surface area contributed by atoms with Crippen LogP contribution in [0.15, 0.2) is 24.3 Å². The molecule has 1 N–H and O–H groups in total. The zero-order chi connectivity index (χ0) is 11.3. The number of nitrogens with one attached hydrogen (secondary N) is 1. The molecule has 15 heavy (non-hydrogen) atoms. The lowest BCUT2D eigenvalue weighted by Gasteiger charge is -2.08. The second kappa shape index (κ2) is 5.76. The average molecular weight is 226 g/mol. The van der Waals surface area contributed by atoms with Crippen molar-refractivity contribution in [2.24, 2.45) is 0 Å². The lowest BCUT2D eigenvalue weighted by molar-refractivity contribution is 0.0953.